The lowest BCUT2D eigenvalue weighted by molar-refractivity contribution is -0.147. The van der Waals surface area contributed by atoms with Gasteiger partial charge in [0.15, 0.2) is 0 Å². The summed E-state index contributed by atoms with van der Waals surface area (Å²) in [6, 6.07) is 7.24. The second-order valence-corrected chi connectivity index (χ2v) is 8.59. The molecule has 0 atom stereocenters. The molecular formula is C20H26ClN3O3. The number of carbonyl (C=O) groups excluding carboxylic acids is 1. The van der Waals surface area contributed by atoms with Crippen molar-refractivity contribution in [3.63, 3.8) is 0 Å². The minimum Gasteiger partial charge on any atom is -0.481 e. The monoisotopic (exact) mass is 391 g/mol. The van der Waals surface area contributed by atoms with Crippen LogP contribution in [0.1, 0.15) is 51.4 Å². The molecule has 0 bridgehead atoms. The molecule has 0 spiro atoms. The van der Waals surface area contributed by atoms with E-state index in [0.717, 1.165) is 0 Å². The van der Waals surface area contributed by atoms with Gasteiger partial charge in [0.2, 0.25) is 0 Å². The van der Waals surface area contributed by atoms with Crippen LogP contribution in [0.3, 0.4) is 0 Å². The Labute approximate surface area is 164 Å². The molecule has 0 radical (unpaired) electrons. The van der Waals surface area contributed by atoms with E-state index in [1.54, 1.807) is 30.8 Å². The highest BCUT2D eigenvalue weighted by molar-refractivity contribution is 6.33. The van der Waals surface area contributed by atoms with Crippen molar-refractivity contribution in [3.05, 3.63) is 41.0 Å². The first-order valence-corrected chi connectivity index (χ1v) is 9.18. The van der Waals surface area contributed by atoms with Crippen molar-refractivity contribution in [2.75, 3.05) is 6.54 Å². The Bertz CT molecular complexity index is 850. The number of halogens is 1. The molecule has 0 aliphatic rings. The second-order valence-electron chi connectivity index (χ2n) is 8.18. The number of aliphatic carboxylic acids is 1. The largest absolute Gasteiger partial charge is 0.481 e. The third kappa shape index (κ3) is 4.89. The molecule has 27 heavy (non-hydrogen) atoms. The molecule has 0 aliphatic heterocycles. The van der Waals surface area contributed by atoms with Crippen molar-refractivity contribution in [2.45, 2.75) is 46.6 Å². The van der Waals surface area contributed by atoms with Crippen molar-refractivity contribution in [1.82, 2.24) is 15.1 Å². The van der Waals surface area contributed by atoms with Gasteiger partial charge in [0, 0.05) is 18.3 Å². The van der Waals surface area contributed by atoms with Crippen molar-refractivity contribution in [2.24, 2.45) is 5.41 Å². The number of nitrogens with zero attached hydrogens (tertiary/aromatic N) is 2. The first-order chi connectivity index (χ1) is 12.4. The fourth-order valence-electron chi connectivity index (χ4n) is 2.43. The van der Waals surface area contributed by atoms with Crippen LogP contribution in [0.25, 0.3) is 11.3 Å². The summed E-state index contributed by atoms with van der Waals surface area (Å²) in [6.07, 6.45) is 2.03. The number of carboxylic acid groups (broad SMARTS) is 1. The molecule has 0 saturated heterocycles. The van der Waals surface area contributed by atoms with Crippen LogP contribution in [0.2, 0.25) is 5.02 Å². The van der Waals surface area contributed by atoms with Crippen LogP contribution < -0.4 is 5.32 Å². The van der Waals surface area contributed by atoms with Crippen molar-refractivity contribution < 1.29 is 14.7 Å². The number of hydrogen-bond acceptors (Lipinski definition) is 3. The normalized spacial score (nSPS) is 12.1. The van der Waals surface area contributed by atoms with E-state index in [0.29, 0.717) is 28.3 Å². The van der Waals surface area contributed by atoms with Gasteiger partial charge in [-0.05, 0) is 47.1 Å². The van der Waals surface area contributed by atoms with E-state index >= 15 is 0 Å². The van der Waals surface area contributed by atoms with Crippen LogP contribution in [0.4, 0.5) is 0 Å². The summed E-state index contributed by atoms with van der Waals surface area (Å²) in [5.74, 6) is -1.20. The van der Waals surface area contributed by atoms with Crippen LogP contribution >= 0.6 is 11.6 Å². The van der Waals surface area contributed by atoms with Gasteiger partial charge < -0.3 is 10.4 Å². The number of carboxylic acids is 1. The van der Waals surface area contributed by atoms with Crippen molar-refractivity contribution in [1.29, 1.82) is 0 Å². The van der Waals surface area contributed by atoms with E-state index in [-0.39, 0.29) is 18.0 Å². The van der Waals surface area contributed by atoms with E-state index in [4.69, 9.17) is 11.6 Å². The number of benzene rings is 1. The number of hydrogen-bond donors (Lipinski definition) is 2. The SMILES string of the molecule is CC(C)(CCNC(=O)c1cn(C(C)(C)C)nc1-c1ccccc1Cl)C(=O)O. The molecular weight excluding hydrogens is 366 g/mol. The maximum Gasteiger partial charge on any atom is 0.309 e. The molecule has 0 fully saturated rings. The minimum atomic E-state index is -0.908. The summed E-state index contributed by atoms with van der Waals surface area (Å²) in [5.41, 5.74) is 0.378. The Balaban J connectivity index is 2.32. The Kier molecular flexibility index (Phi) is 6.00. The number of aromatic nitrogens is 2. The Morgan fingerprint density at radius 2 is 1.81 bits per heavy atom. The molecule has 0 saturated carbocycles. The molecule has 146 valence electrons. The highest BCUT2D eigenvalue weighted by Crippen LogP contribution is 2.30. The van der Waals surface area contributed by atoms with Crippen LogP contribution in [-0.4, -0.2) is 33.3 Å². The number of rotatable bonds is 6. The molecule has 7 heteroatoms. The lowest BCUT2D eigenvalue weighted by atomic mass is 9.89. The number of amides is 1. The molecule has 2 N–H and O–H groups in total. The molecule has 2 aromatic rings. The molecule has 1 aromatic carbocycles. The average molecular weight is 392 g/mol. The summed E-state index contributed by atoms with van der Waals surface area (Å²) >= 11 is 6.31. The lowest BCUT2D eigenvalue weighted by Crippen LogP contribution is -2.32. The smallest absolute Gasteiger partial charge is 0.309 e. The molecule has 0 aliphatic carbocycles. The van der Waals surface area contributed by atoms with Gasteiger partial charge in [0.05, 0.1) is 21.5 Å². The van der Waals surface area contributed by atoms with E-state index in [1.807, 2.05) is 39.0 Å². The Morgan fingerprint density at radius 1 is 1.19 bits per heavy atom. The maximum absolute atomic E-state index is 12.8. The van der Waals surface area contributed by atoms with Crippen LogP contribution in [0.15, 0.2) is 30.5 Å². The van der Waals surface area contributed by atoms with Gasteiger partial charge in [-0.1, -0.05) is 29.8 Å². The van der Waals surface area contributed by atoms with Gasteiger partial charge in [-0.2, -0.15) is 5.10 Å². The Morgan fingerprint density at radius 3 is 2.37 bits per heavy atom. The molecule has 1 aromatic heterocycles. The molecule has 6 nitrogen and oxygen atoms in total. The topological polar surface area (TPSA) is 84.2 Å². The predicted molar refractivity (Wildman–Crippen MR) is 106 cm³/mol. The highest BCUT2D eigenvalue weighted by atomic mass is 35.5. The first-order valence-electron chi connectivity index (χ1n) is 8.80. The summed E-state index contributed by atoms with van der Waals surface area (Å²) in [6.45, 7) is 9.50. The first kappa shape index (κ1) is 21.0. The third-order valence-corrected chi connectivity index (χ3v) is 4.72. The van der Waals surface area contributed by atoms with Gasteiger partial charge in [-0.15, -0.1) is 0 Å². The van der Waals surface area contributed by atoms with E-state index in [2.05, 4.69) is 10.4 Å². The fraction of sp³-hybridized carbons (Fsp3) is 0.450. The lowest BCUT2D eigenvalue weighted by Gasteiger charge is -2.19. The third-order valence-electron chi connectivity index (χ3n) is 4.39. The van der Waals surface area contributed by atoms with E-state index in [9.17, 15) is 14.7 Å². The maximum atomic E-state index is 12.8. The number of carbonyl (C=O) groups is 2. The number of nitrogens with one attached hydrogen (secondary N) is 1. The fourth-order valence-corrected chi connectivity index (χ4v) is 2.65. The Hall–Kier alpha value is -2.34. The van der Waals surface area contributed by atoms with E-state index < -0.39 is 11.4 Å². The summed E-state index contributed by atoms with van der Waals surface area (Å²) < 4.78 is 1.74. The van der Waals surface area contributed by atoms with Crippen molar-refractivity contribution in [3.8, 4) is 11.3 Å². The standard InChI is InChI=1S/C20H26ClN3O3/c1-19(2,3)24-12-14(16(23-24)13-8-6-7-9-15(13)21)17(25)22-11-10-20(4,5)18(26)27/h6-9,12H,10-11H2,1-5H3,(H,22,25)(H,26,27). The van der Waals surface area contributed by atoms with Gasteiger partial charge in [-0.3, -0.25) is 14.3 Å². The summed E-state index contributed by atoms with van der Waals surface area (Å²) in [7, 11) is 0. The van der Waals surface area contributed by atoms with Crippen molar-refractivity contribution >= 4 is 23.5 Å². The zero-order valence-corrected chi connectivity index (χ0v) is 17.1. The molecule has 1 heterocycles. The second kappa shape index (κ2) is 7.72. The van der Waals surface area contributed by atoms with Gasteiger partial charge >= 0.3 is 5.97 Å². The highest BCUT2D eigenvalue weighted by Gasteiger charge is 2.28. The van der Waals surface area contributed by atoms with E-state index in [1.165, 1.54) is 0 Å². The quantitative estimate of drug-likeness (QED) is 0.773. The summed E-state index contributed by atoms with van der Waals surface area (Å²) in [4.78, 5) is 24.0. The summed E-state index contributed by atoms with van der Waals surface area (Å²) in [5, 5.41) is 17.1. The zero-order valence-electron chi connectivity index (χ0n) is 16.3. The predicted octanol–water partition coefficient (Wildman–Crippen LogP) is 4.19. The molecule has 0 unspecified atom stereocenters. The van der Waals surface area contributed by atoms with Crippen LogP contribution in [0.5, 0.6) is 0 Å². The van der Waals surface area contributed by atoms with Gasteiger partial charge in [0.1, 0.15) is 5.69 Å². The zero-order chi connectivity index (χ0) is 20.4. The average Bonchev–Trinajstić information content (AvgIpc) is 3.00. The minimum absolute atomic E-state index is 0.251. The van der Waals surface area contributed by atoms with Gasteiger partial charge in [0.25, 0.3) is 5.91 Å². The van der Waals surface area contributed by atoms with Crippen LogP contribution in [0, 0.1) is 5.41 Å². The molecule has 2 rings (SSSR count). The van der Waals surface area contributed by atoms with Crippen LogP contribution in [-0.2, 0) is 10.3 Å². The molecule has 1 amide bonds. The van der Waals surface area contributed by atoms with Gasteiger partial charge in [-0.25, -0.2) is 0 Å².